The lowest BCUT2D eigenvalue weighted by Crippen LogP contribution is -2.42. The van der Waals surface area contributed by atoms with E-state index in [4.69, 9.17) is 14.2 Å². The summed E-state index contributed by atoms with van der Waals surface area (Å²) in [5.41, 5.74) is 1.13. The highest BCUT2D eigenvalue weighted by molar-refractivity contribution is 5.94. The van der Waals surface area contributed by atoms with Crippen molar-refractivity contribution in [2.24, 2.45) is 0 Å². The molecule has 2 rings (SSSR count). The lowest BCUT2D eigenvalue weighted by atomic mass is 9.93. The van der Waals surface area contributed by atoms with Crippen LogP contribution in [0.4, 0.5) is 0 Å². The van der Waals surface area contributed by atoms with E-state index in [-0.39, 0.29) is 24.9 Å². The van der Waals surface area contributed by atoms with Crippen LogP contribution in [0.2, 0.25) is 0 Å². The largest absolute Gasteiger partial charge is 0.490 e. The number of rotatable bonds is 29. The first-order valence-corrected chi connectivity index (χ1v) is 20.3. The molecule has 0 aliphatic heterocycles. The van der Waals surface area contributed by atoms with E-state index in [0.717, 1.165) is 30.4 Å². The Kier molecular flexibility index (Phi) is 23.2. The van der Waals surface area contributed by atoms with Gasteiger partial charge in [0.25, 0.3) is 5.91 Å². The molecule has 0 aliphatic carbocycles. The normalized spacial score (nSPS) is 12.9. The standard InChI is InChI=1S/C45H69NO7/c1-6-7-8-9-10-11-12-13-14-15-16-17-18-19-23-26-43(48)53-41(35-42(45(4,5)50)52-37(3)47)36(2)32-34-51-40-29-27-38(28-30-40)31-33-46-44(49)39-24-21-20-22-25-39/h20-22,24-25,27-30,32,41-42,50H,6-19,23,26,31,33-35H2,1-5H3,(H,46,49)/b36-32+. The molecule has 1 amide bonds. The number of ether oxygens (including phenoxy) is 3. The van der Waals surface area contributed by atoms with Crippen LogP contribution in [-0.4, -0.2) is 53.9 Å². The predicted octanol–water partition coefficient (Wildman–Crippen LogP) is 10.3. The molecule has 0 aromatic heterocycles. The smallest absolute Gasteiger partial charge is 0.306 e. The maximum absolute atomic E-state index is 13.0. The van der Waals surface area contributed by atoms with Gasteiger partial charge in [0.05, 0.1) is 5.60 Å². The fourth-order valence-electron chi connectivity index (χ4n) is 6.23. The molecule has 2 aromatic rings. The van der Waals surface area contributed by atoms with Crippen LogP contribution in [-0.2, 0) is 25.5 Å². The molecule has 8 nitrogen and oxygen atoms in total. The van der Waals surface area contributed by atoms with Crippen molar-refractivity contribution in [2.75, 3.05) is 13.2 Å². The summed E-state index contributed by atoms with van der Waals surface area (Å²) in [6, 6.07) is 16.9. The molecular formula is C45H69NO7. The summed E-state index contributed by atoms with van der Waals surface area (Å²) in [7, 11) is 0. The average Bonchev–Trinajstić information content (AvgIpc) is 3.13. The molecule has 2 aromatic carbocycles. The Morgan fingerprint density at radius 1 is 0.755 bits per heavy atom. The SMILES string of the molecule is CCCCCCCCCCCCCCCCCC(=O)OC(CC(OC(C)=O)C(C)(C)O)/C(C)=C/COc1ccc(CCNC(=O)c2ccccc2)cc1. The predicted molar refractivity (Wildman–Crippen MR) is 214 cm³/mol. The summed E-state index contributed by atoms with van der Waals surface area (Å²) in [5, 5.41) is 13.7. The molecule has 0 radical (unpaired) electrons. The fraction of sp³-hybridized carbons (Fsp3) is 0.622. The number of carbonyl (C=O) groups excluding carboxylic acids is 3. The highest BCUT2D eigenvalue weighted by Crippen LogP contribution is 2.24. The molecule has 0 saturated carbocycles. The third-order valence-corrected chi connectivity index (χ3v) is 9.60. The van der Waals surface area contributed by atoms with Gasteiger partial charge in [-0.05, 0) is 75.1 Å². The van der Waals surface area contributed by atoms with Crippen LogP contribution < -0.4 is 10.1 Å². The zero-order chi connectivity index (χ0) is 38.7. The van der Waals surface area contributed by atoms with E-state index >= 15 is 0 Å². The maximum atomic E-state index is 13.0. The van der Waals surface area contributed by atoms with Crippen molar-refractivity contribution in [1.29, 1.82) is 0 Å². The highest BCUT2D eigenvalue weighted by Gasteiger charge is 2.34. The van der Waals surface area contributed by atoms with Gasteiger partial charge in [-0.1, -0.05) is 127 Å². The van der Waals surface area contributed by atoms with E-state index in [0.29, 0.717) is 30.7 Å². The van der Waals surface area contributed by atoms with Gasteiger partial charge in [-0.3, -0.25) is 14.4 Å². The minimum Gasteiger partial charge on any atom is -0.490 e. The van der Waals surface area contributed by atoms with Crippen LogP contribution in [0.25, 0.3) is 0 Å². The number of hydrogen-bond donors (Lipinski definition) is 2. The molecule has 53 heavy (non-hydrogen) atoms. The average molecular weight is 736 g/mol. The van der Waals surface area contributed by atoms with Crippen molar-refractivity contribution in [2.45, 2.75) is 168 Å². The van der Waals surface area contributed by atoms with Crippen molar-refractivity contribution in [3.8, 4) is 5.75 Å². The Morgan fingerprint density at radius 2 is 1.30 bits per heavy atom. The van der Waals surface area contributed by atoms with Gasteiger partial charge >= 0.3 is 11.9 Å². The molecule has 2 atom stereocenters. The lowest BCUT2D eigenvalue weighted by Gasteiger charge is -2.32. The number of amides is 1. The van der Waals surface area contributed by atoms with E-state index in [2.05, 4.69) is 12.2 Å². The second kappa shape index (κ2) is 27.0. The number of nitrogens with one attached hydrogen (secondary N) is 1. The van der Waals surface area contributed by atoms with Gasteiger partial charge in [0.15, 0.2) is 0 Å². The van der Waals surface area contributed by atoms with Crippen molar-refractivity contribution < 1.29 is 33.7 Å². The summed E-state index contributed by atoms with van der Waals surface area (Å²) in [6.07, 6.45) is 20.3. The van der Waals surface area contributed by atoms with Crippen LogP contribution in [0, 0.1) is 0 Å². The quantitative estimate of drug-likeness (QED) is 0.0486. The number of esters is 2. The molecule has 2 unspecified atom stereocenters. The number of aliphatic hydroxyl groups is 1. The molecule has 0 bridgehead atoms. The maximum Gasteiger partial charge on any atom is 0.306 e. The van der Waals surface area contributed by atoms with Gasteiger partial charge < -0.3 is 24.6 Å². The van der Waals surface area contributed by atoms with E-state index in [9.17, 15) is 19.5 Å². The number of unbranched alkanes of at least 4 members (excludes halogenated alkanes) is 14. The van der Waals surface area contributed by atoms with Crippen LogP contribution in [0.15, 0.2) is 66.2 Å². The molecule has 0 fully saturated rings. The van der Waals surface area contributed by atoms with Gasteiger partial charge in [-0.2, -0.15) is 0 Å². The lowest BCUT2D eigenvalue weighted by molar-refractivity contribution is -0.165. The first kappa shape index (κ1) is 45.5. The molecule has 0 spiro atoms. The van der Waals surface area contributed by atoms with Crippen molar-refractivity contribution in [3.63, 3.8) is 0 Å². The summed E-state index contributed by atoms with van der Waals surface area (Å²) >= 11 is 0. The van der Waals surface area contributed by atoms with E-state index in [1.54, 1.807) is 26.0 Å². The first-order valence-electron chi connectivity index (χ1n) is 20.3. The summed E-state index contributed by atoms with van der Waals surface area (Å²) in [6.45, 7) is 9.35. The fourth-order valence-corrected chi connectivity index (χ4v) is 6.23. The highest BCUT2D eigenvalue weighted by atomic mass is 16.6. The van der Waals surface area contributed by atoms with Gasteiger partial charge in [-0.15, -0.1) is 0 Å². The molecule has 0 saturated heterocycles. The van der Waals surface area contributed by atoms with Crippen LogP contribution in [0.1, 0.15) is 160 Å². The second-order valence-corrected chi connectivity index (χ2v) is 14.9. The third-order valence-electron chi connectivity index (χ3n) is 9.60. The summed E-state index contributed by atoms with van der Waals surface area (Å²) < 4.78 is 17.4. The first-order chi connectivity index (χ1) is 25.5. The molecule has 8 heteroatoms. The Morgan fingerprint density at radius 3 is 1.83 bits per heavy atom. The number of benzene rings is 2. The van der Waals surface area contributed by atoms with Crippen LogP contribution in [0.5, 0.6) is 5.75 Å². The topological polar surface area (TPSA) is 111 Å². The zero-order valence-electron chi connectivity index (χ0n) is 33.5. The minimum atomic E-state index is -1.33. The summed E-state index contributed by atoms with van der Waals surface area (Å²) in [4.78, 5) is 37.1. The Balaban J connectivity index is 1.79. The summed E-state index contributed by atoms with van der Waals surface area (Å²) in [5.74, 6) is -0.219. The van der Waals surface area contributed by atoms with Crippen LogP contribution >= 0.6 is 0 Å². The molecule has 0 heterocycles. The van der Waals surface area contributed by atoms with E-state index < -0.39 is 23.8 Å². The number of carbonyl (C=O) groups is 3. The van der Waals surface area contributed by atoms with Gasteiger partial charge in [0.1, 0.15) is 24.6 Å². The number of hydrogen-bond acceptors (Lipinski definition) is 7. The zero-order valence-corrected chi connectivity index (χ0v) is 33.5. The third kappa shape index (κ3) is 21.6. The molecule has 0 aliphatic rings. The van der Waals surface area contributed by atoms with E-state index in [1.807, 2.05) is 55.5 Å². The van der Waals surface area contributed by atoms with E-state index in [1.165, 1.54) is 84.0 Å². The van der Waals surface area contributed by atoms with Crippen molar-refractivity contribution >= 4 is 17.8 Å². The Hall–Kier alpha value is -3.65. The molecular weight excluding hydrogens is 666 g/mol. The van der Waals surface area contributed by atoms with Gasteiger partial charge in [-0.25, -0.2) is 0 Å². The van der Waals surface area contributed by atoms with Crippen molar-refractivity contribution in [1.82, 2.24) is 5.32 Å². The van der Waals surface area contributed by atoms with Gasteiger partial charge in [0, 0.05) is 31.9 Å². The van der Waals surface area contributed by atoms with Gasteiger partial charge in [0.2, 0.25) is 0 Å². The Bertz CT molecular complexity index is 1320. The minimum absolute atomic E-state index is 0.0940. The van der Waals surface area contributed by atoms with Crippen molar-refractivity contribution in [3.05, 3.63) is 77.4 Å². The molecule has 2 N–H and O–H groups in total. The molecule has 296 valence electrons. The second-order valence-electron chi connectivity index (χ2n) is 14.9. The Labute approximate surface area is 320 Å². The monoisotopic (exact) mass is 736 g/mol. The van der Waals surface area contributed by atoms with Crippen LogP contribution in [0.3, 0.4) is 0 Å².